The van der Waals surface area contributed by atoms with Gasteiger partial charge in [-0.2, -0.15) is 0 Å². The summed E-state index contributed by atoms with van der Waals surface area (Å²) in [5.41, 5.74) is 0. The lowest BCUT2D eigenvalue weighted by Gasteiger charge is -2.31. The van der Waals surface area contributed by atoms with E-state index in [1.54, 1.807) is 11.3 Å². The summed E-state index contributed by atoms with van der Waals surface area (Å²) in [4.78, 5) is 22.8. The molecule has 3 heterocycles. The first-order valence-electron chi connectivity index (χ1n) is 6.65. The van der Waals surface area contributed by atoms with Gasteiger partial charge in [-0.1, -0.05) is 11.3 Å². The number of nitrogens with one attached hydrogen (secondary N) is 1. The zero-order valence-electron chi connectivity index (χ0n) is 11.8. The first-order chi connectivity index (χ1) is 9.54. The monoisotopic (exact) mass is 310 g/mol. The second-order valence-corrected chi connectivity index (χ2v) is 7.32. The third-order valence-corrected chi connectivity index (χ3v) is 5.64. The van der Waals surface area contributed by atoms with Crippen LogP contribution in [0.3, 0.4) is 0 Å². The number of anilines is 1. The van der Waals surface area contributed by atoms with Crippen LogP contribution >= 0.6 is 22.7 Å². The van der Waals surface area contributed by atoms with E-state index < -0.39 is 0 Å². The minimum atomic E-state index is 0.139. The van der Waals surface area contributed by atoms with Gasteiger partial charge in [0.05, 0.1) is 9.58 Å². The molecule has 20 heavy (non-hydrogen) atoms. The van der Waals surface area contributed by atoms with Crippen LogP contribution in [0.4, 0.5) is 5.13 Å². The van der Waals surface area contributed by atoms with Crippen molar-refractivity contribution in [3.05, 3.63) is 10.9 Å². The maximum atomic E-state index is 12.5. The van der Waals surface area contributed by atoms with Crippen LogP contribution in [0.1, 0.15) is 16.6 Å². The predicted octanol–water partition coefficient (Wildman–Crippen LogP) is 1.86. The van der Waals surface area contributed by atoms with E-state index in [-0.39, 0.29) is 5.91 Å². The number of hydrogen-bond donors (Lipinski definition) is 1. The van der Waals surface area contributed by atoms with E-state index in [1.165, 1.54) is 11.3 Å². The smallest absolute Gasteiger partial charge is 0.264 e. The molecule has 1 fully saturated rings. The largest absolute Gasteiger partial charge is 0.354 e. The van der Waals surface area contributed by atoms with Crippen molar-refractivity contribution in [3.63, 3.8) is 0 Å². The molecule has 108 valence electrons. The number of carbonyl (C=O) groups is 1. The molecule has 2 aromatic heterocycles. The molecular weight excluding hydrogens is 292 g/mol. The summed E-state index contributed by atoms with van der Waals surface area (Å²) in [7, 11) is 3.97. The molecule has 1 N–H and O–H groups in total. The summed E-state index contributed by atoms with van der Waals surface area (Å²) in [5.74, 6) is 0.139. The Bertz CT molecular complexity index is 602. The molecule has 0 bridgehead atoms. The average molecular weight is 310 g/mol. The van der Waals surface area contributed by atoms with Gasteiger partial charge in [-0.3, -0.25) is 4.79 Å². The Kier molecular flexibility index (Phi) is 3.66. The highest BCUT2D eigenvalue weighted by Crippen LogP contribution is 2.34. The van der Waals surface area contributed by atoms with Crippen molar-refractivity contribution >= 4 is 43.2 Å². The van der Waals surface area contributed by atoms with Crippen molar-refractivity contribution in [1.82, 2.24) is 15.2 Å². The lowest BCUT2D eigenvalue weighted by molar-refractivity contribution is 0.0714. The number of piperazine rings is 1. The molecule has 1 aliphatic rings. The Morgan fingerprint density at radius 2 is 2.30 bits per heavy atom. The number of carbonyl (C=O) groups excluding carboxylic acids is 1. The Morgan fingerprint density at radius 1 is 1.50 bits per heavy atom. The van der Waals surface area contributed by atoms with Gasteiger partial charge >= 0.3 is 0 Å². The highest BCUT2D eigenvalue weighted by Gasteiger charge is 2.23. The Hall–Kier alpha value is -1.18. The van der Waals surface area contributed by atoms with Crippen LogP contribution in [-0.2, 0) is 0 Å². The molecule has 0 saturated carbocycles. The third kappa shape index (κ3) is 2.53. The summed E-state index contributed by atoms with van der Waals surface area (Å²) < 4.78 is 1.10. The van der Waals surface area contributed by atoms with Gasteiger partial charge in [-0.05, 0) is 13.0 Å². The van der Waals surface area contributed by atoms with E-state index >= 15 is 0 Å². The maximum absolute atomic E-state index is 12.5. The number of thiophene rings is 1. The second-order valence-electron chi connectivity index (χ2n) is 5.28. The molecule has 1 saturated heterocycles. The van der Waals surface area contributed by atoms with Crippen LogP contribution in [0.5, 0.6) is 0 Å². The molecule has 3 rings (SSSR count). The Morgan fingerprint density at radius 3 is 2.95 bits per heavy atom. The highest BCUT2D eigenvalue weighted by atomic mass is 32.1. The van der Waals surface area contributed by atoms with Crippen molar-refractivity contribution in [2.75, 3.05) is 38.6 Å². The van der Waals surface area contributed by atoms with Crippen LogP contribution in [-0.4, -0.2) is 55.6 Å². The van der Waals surface area contributed by atoms with Gasteiger partial charge in [0.2, 0.25) is 0 Å². The Balaban J connectivity index is 1.83. The maximum Gasteiger partial charge on any atom is 0.264 e. The SMILES string of the molecule is CC1CN(C(=O)c2cc3sc(N(C)C)nc3s2)CCN1. The van der Waals surface area contributed by atoms with Gasteiger partial charge in [0.25, 0.3) is 5.91 Å². The van der Waals surface area contributed by atoms with E-state index in [2.05, 4.69) is 17.2 Å². The average Bonchev–Trinajstić information content (AvgIpc) is 2.95. The second kappa shape index (κ2) is 5.31. The van der Waals surface area contributed by atoms with E-state index in [0.29, 0.717) is 6.04 Å². The van der Waals surface area contributed by atoms with E-state index in [9.17, 15) is 4.79 Å². The van der Waals surface area contributed by atoms with Crippen LogP contribution < -0.4 is 10.2 Å². The number of thiazole rings is 1. The minimum absolute atomic E-state index is 0.139. The quantitative estimate of drug-likeness (QED) is 0.920. The first-order valence-corrected chi connectivity index (χ1v) is 8.28. The number of hydrogen-bond acceptors (Lipinski definition) is 6. The Labute approximate surface area is 126 Å². The number of rotatable bonds is 2. The van der Waals surface area contributed by atoms with Crippen LogP contribution in [0, 0.1) is 0 Å². The topological polar surface area (TPSA) is 48.5 Å². The van der Waals surface area contributed by atoms with Crippen molar-refractivity contribution in [1.29, 1.82) is 0 Å². The molecule has 1 unspecified atom stereocenters. The summed E-state index contributed by atoms with van der Waals surface area (Å²) in [6.07, 6.45) is 0. The fourth-order valence-electron chi connectivity index (χ4n) is 2.29. The van der Waals surface area contributed by atoms with Gasteiger partial charge in [0, 0.05) is 39.8 Å². The van der Waals surface area contributed by atoms with Gasteiger partial charge in [0.15, 0.2) is 5.13 Å². The molecule has 0 aromatic carbocycles. The van der Waals surface area contributed by atoms with Crippen molar-refractivity contribution < 1.29 is 4.79 Å². The molecule has 1 atom stereocenters. The first kappa shape index (κ1) is 13.8. The van der Waals surface area contributed by atoms with Gasteiger partial charge in [0.1, 0.15) is 4.83 Å². The number of nitrogens with zero attached hydrogens (tertiary/aromatic N) is 3. The number of amides is 1. The highest BCUT2D eigenvalue weighted by molar-refractivity contribution is 7.29. The van der Waals surface area contributed by atoms with E-state index in [0.717, 1.165) is 39.2 Å². The fraction of sp³-hybridized carbons (Fsp3) is 0.538. The van der Waals surface area contributed by atoms with Crippen molar-refractivity contribution in [2.24, 2.45) is 0 Å². The van der Waals surface area contributed by atoms with Crippen LogP contribution in [0.25, 0.3) is 9.53 Å². The standard InChI is InChI=1S/C13H18N4OS2/c1-8-7-17(5-4-14-8)12(18)10-6-9-11(19-10)15-13(20-9)16(2)3/h6,8,14H,4-5,7H2,1-3H3. The lowest BCUT2D eigenvalue weighted by Crippen LogP contribution is -2.51. The summed E-state index contributed by atoms with van der Waals surface area (Å²) in [5, 5.41) is 4.34. The molecule has 0 spiro atoms. The molecular formula is C13H18N4OS2. The van der Waals surface area contributed by atoms with Gasteiger partial charge in [-0.15, -0.1) is 11.3 Å². The summed E-state index contributed by atoms with van der Waals surface area (Å²) in [6, 6.07) is 2.35. The van der Waals surface area contributed by atoms with Crippen molar-refractivity contribution in [3.8, 4) is 0 Å². The predicted molar refractivity (Wildman–Crippen MR) is 85.2 cm³/mol. The zero-order valence-corrected chi connectivity index (χ0v) is 13.5. The minimum Gasteiger partial charge on any atom is -0.354 e. The molecule has 0 aliphatic carbocycles. The number of fused-ring (bicyclic) bond motifs is 1. The van der Waals surface area contributed by atoms with Gasteiger partial charge < -0.3 is 15.1 Å². The third-order valence-electron chi connectivity index (χ3n) is 3.33. The molecule has 5 nitrogen and oxygen atoms in total. The fourth-order valence-corrected chi connectivity index (χ4v) is 4.39. The molecule has 1 aliphatic heterocycles. The van der Waals surface area contributed by atoms with Crippen LogP contribution in [0.2, 0.25) is 0 Å². The normalized spacial score (nSPS) is 19.6. The summed E-state index contributed by atoms with van der Waals surface area (Å²) >= 11 is 3.13. The van der Waals surface area contributed by atoms with Crippen LogP contribution in [0.15, 0.2) is 6.07 Å². The number of aromatic nitrogens is 1. The molecule has 2 aromatic rings. The van der Waals surface area contributed by atoms with Crippen molar-refractivity contribution in [2.45, 2.75) is 13.0 Å². The summed E-state index contributed by atoms with van der Waals surface area (Å²) in [6.45, 7) is 4.54. The molecule has 7 heteroatoms. The molecule has 1 amide bonds. The molecule has 0 radical (unpaired) electrons. The van der Waals surface area contributed by atoms with E-state index in [4.69, 9.17) is 0 Å². The zero-order chi connectivity index (χ0) is 14.3. The lowest BCUT2D eigenvalue weighted by atomic mass is 10.2. The van der Waals surface area contributed by atoms with Gasteiger partial charge in [-0.25, -0.2) is 4.98 Å². The van der Waals surface area contributed by atoms with E-state index in [1.807, 2.05) is 30.0 Å².